The maximum Gasteiger partial charge on any atom is 0.106 e. The Bertz CT molecular complexity index is 310. The SMILES string of the molecule is CCC(C#N)(CCCN1CCCN(C)CC1)NC(C)C. The van der Waals surface area contributed by atoms with Gasteiger partial charge in [-0.2, -0.15) is 5.26 Å². The van der Waals surface area contributed by atoms with Crippen LogP contribution in [0.2, 0.25) is 0 Å². The lowest BCUT2D eigenvalue weighted by Gasteiger charge is -2.30. The smallest absolute Gasteiger partial charge is 0.106 e. The molecule has 0 bridgehead atoms. The van der Waals surface area contributed by atoms with Crippen LogP contribution in [0.5, 0.6) is 0 Å². The number of rotatable bonds is 7. The monoisotopic (exact) mass is 280 g/mol. The van der Waals surface area contributed by atoms with Crippen molar-refractivity contribution in [1.29, 1.82) is 5.26 Å². The minimum atomic E-state index is -0.337. The molecule has 1 aliphatic heterocycles. The second-order valence-corrected chi connectivity index (χ2v) is 6.45. The number of hydrogen-bond acceptors (Lipinski definition) is 4. The van der Waals surface area contributed by atoms with E-state index in [2.05, 4.69) is 49.0 Å². The first kappa shape index (κ1) is 17.4. The van der Waals surface area contributed by atoms with Crippen LogP contribution in [-0.2, 0) is 0 Å². The van der Waals surface area contributed by atoms with Gasteiger partial charge in [0.15, 0.2) is 0 Å². The molecular formula is C16H32N4. The molecule has 0 radical (unpaired) electrons. The summed E-state index contributed by atoms with van der Waals surface area (Å²) in [6.07, 6.45) is 4.19. The molecule has 4 heteroatoms. The van der Waals surface area contributed by atoms with Crippen molar-refractivity contribution < 1.29 is 0 Å². The fourth-order valence-corrected chi connectivity index (χ4v) is 3.00. The van der Waals surface area contributed by atoms with E-state index >= 15 is 0 Å². The molecule has 1 saturated heterocycles. The second-order valence-electron chi connectivity index (χ2n) is 6.45. The van der Waals surface area contributed by atoms with Gasteiger partial charge < -0.3 is 9.80 Å². The van der Waals surface area contributed by atoms with Crippen molar-refractivity contribution in [3.05, 3.63) is 0 Å². The molecule has 1 aliphatic rings. The second kappa shape index (κ2) is 8.61. The lowest BCUT2D eigenvalue weighted by atomic mass is 9.91. The van der Waals surface area contributed by atoms with E-state index in [1.807, 2.05) is 0 Å². The largest absolute Gasteiger partial charge is 0.305 e. The van der Waals surface area contributed by atoms with Gasteiger partial charge in [-0.25, -0.2) is 0 Å². The molecule has 1 N–H and O–H groups in total. The quantitative estimate of drug-likeness (QED) is 0.775. The fourth-order valence-electron chi connectivity index (χ4n) is 3.00. The van der Waals surface area contributed by atoms with Crippen molar-refractivity contribution in [3.8, 4) is 6.07 Å². The topological polar surface area (TPSA) is 42.3 Å². The Morgan fingerprint density at radius 1 is 1.25 bits per heavy atom. The highest BCUT2D eigenvalue weighted by atomic mass is 15.2. The molecule has 0 aliphatic carbocycles. The van der Waals surface area contributed by atoms with Crippen molar-refractivity contribution in [2.75, 3.05) is 39.8 Å². The van der Waals surface area contributed by atoms with Crippen molar-refractivity contribution >= 4 is 0 Å². The third-order valence-corrected chi connectivity index (χ3v) is 4.27. The van der Waals surface area contributed by atoms with E-state index < -0.39 is 0 Å². The maximum atomic E-state index is 9.51. The summed E-state index contributed by atoms with van der Waals surface area (Å²) in [6, 6.07) is 2.88. The number of nitrogens with one attached hydrogen (secondary N) is 1. The Balaban J connectivity index is 2.38. The lowest BCUT2D eigenvalue weighted by molar-refractivity contribution is 0.252. The van der Waals surface area contributed by atoms with Gasteiger partial charge in [-0.15, -0.1) is 0 Å². The van der Waals surface area contributed by atoms with Gasteiger partial charge in [-0.3, -0.25) is 5.32 Å². The third-order valence-electron chi connectivity index (χ3n) is 4.27. The molecule has 1 fully saturated rings. The summed E-state index contributed by atoms with van der Waals surface area (Å²) in [5.41, 5.74) is -0.337. The van der Waals surface area contributed by atoms with E-state index in [1.165, 1.54) is 32.6 Å². The highest BCUT2D eigenvalue weighted by Crippen LogP contribution is 2.18. The van der Waals surface area contributed by atoms with E-state index in [0.29, 0.717) is 6.04 Å². The van der Waals surface area contributed by atoms with E-state index in [4.69, 9.17) is 0 Å². The van der Waals surface area contributed by atoms with Crippen LogP contribution < -0.4 is 5.32 Å². The van der Waals surface area contributed by atoms with Crippen molar-refractivity contribution in [2.24, 2.45) is 0 Å². The number of nitrogens with zero attached hydrogens (tertiary/aromatic N) is 3. The van der Waals surface area contributed by atoms with Crippen molar-refractivity contribution in [3.63, 3.8) is 0 Å². The first-order valence-electron chi connectivity index (χ1n) is 8.11. The standard InChI is InChI=1S/C16H32N4/c1-5-16(14-17,18-15(2)3)8-6-10-20-11-7-9-19(4)12-13-20/h15,18H,5-13H2,1-4H3. The van der Waals surface area contributed by atoms with Gasteiger partial charge >= 0.3 is 0 Å². The molecule has 0 aromatic rings. The van der Waals surface area contributed by atoms with E-state index in [9.17, 15) is 5.26 Å². The van der Waals surface area contributed by atoms with Crippen LogP contribution in [0.25, 0.3) is 0 Å². The summed E-state index contributed by atoms with van der Waals surface area (Å²) < 4.78 is 0. The van der Waals surface area contributed by atoms with Gasteiger partial charge in [0, 0.05) is 19.1 Å². The zero-order valence-corrected chi connectivity index (χ0v) is 13.8. The summed E-state index contributed by atoms with van der Waals surface area (Å²) in [7, 11) is 2.20. The van der Waals surface area contributed by atoms with Gasteiger partial charge in [0.2, 0.25) is 0 Å². The average Bonchev–Trinajstić information content (AvgIpc) is 2.62. The van der Waals surface area contributed by atoms with Gasteiger partial charge in [0.1, 0.15) is 5.54 Å². The van der Waals surface area contributed by atoms with Crippen molar-refractivity contribution in [1.82, 2.24) is 15.1 Å². The van der Waals surface area contributed by atoms with E-state index in [1.54, 1.807) is 0 Å². The van der Waals surface area contributed by atoms with Gasteiger partial charge in [-0.05, 0) is 66.2 Å². The number of likely N-dealkylation sites (N-methyl/N-ethyl adjacent to an activating group) is 1. The minimum absolute atomic E-state index is 0.337. The van der Waals surface area contributed by atoms with Gasteiger partial charge in [-0.1, -0.05) is 6.92 Å². The van der Waals surface area contributed by atoms with Crippen LogP contribution in [0.4, 0.5) is 0 Å². The Hall–Kier alpha value is -0.630. The van der Waals surface area contributed by atoms with Crippen LogP contribution >= 0.6 is 0 Å². The molecule has 0 saturated carbocycles. The summed E-state index contributed by atoms with van der Waals surface area (Å²) in [6.45, 7) is 12.2. The number of hydrogen-bond donors (Lipinski definition) is 1. The van der Waals surface area contributed by atoms with Gasteiger partial charge in [0.05, 0.1) is 6.07 Å². The Kier molecular flexibility index (Phi) is 7.50. The molecule has 0 aromatic carbocycles. The molecule has 20 heavy (non-hydrogen) atoms. The van der Waals surface area contributed by atoms with E-state index in [-0.39, 0.29) is 5.54 Å². The van der Waals surface area contributed by atoms with Crippen LogP contribution in [0.1, 0.15) is 46.5 Å². The predicted octanol–water partition coefficient (Wildman–Crippen LogP) is 2.07. The highest BCUT2D eigenvalue weighted by molar-refractivity contribution is 5.06. The summed E-state index contributed by atoms with van der Waals surface area (Å²) in [5.74, 6) is 0. The zero-order valence-electron chi connectivity index (χ0n) is 13.8. The Labute approximate surface area is 125 Å². The van der Waals surface area contributed by atoms with Crippen LogP contribution in [-0.4, -0.2) is 61.2 Å². The third kappa shape index (κ3) is 5.78. The normalized spacial score (nSPS) is 21.4. The Morgan fingerprint density at radius 3 is 2.60 bits per heavy atom. The van der Waals surface area contributed by atoms with E-state index in [0.717, 1.165) is 25.8 Å². The first-order valence-corrected chi connectivity index (χ1v) is 8.11. The molecule has 0 aromatic heterocycles. The van der Waals surface area contributed by atoms with Crippen LogP contribution in [0.15, 0.2) is 0 Å². The summed E-state index contributed by atoms with van der Waals surface area (Å²) in [5, 5.41) is 13.0. The molecular weight excluding hydrogens is 248 g/mol. The van der Waals surface area contributed by atoms with Crippen molar-refractivity contribution in [2.45, 2.75) is 58.0 Å². The van der Waals surface area contributed by atoms with Crippen LogP contribution in [0, 0.1) is 11.3 Å². The molecule has 116 valence electrons. The maximum absolute atomic E-state index is 9.51. The molecule has 4 nitrogen and oxygen atoms in total. The molecule has 0 amide bonds. The lowest BCUT2D eigenvalue weighted by Crippen LogP contribution is -2.47. The average molecular weight is 280 g/mol. The minimum Gasteiger partial charge on any atom is -0.305 e. The summed E-state index contributed by atoms with van der Waals surface area (Å²) >= 11 is 0. The predicted molar refractivity (Wildman–Crippen MR) is 84.7 cm³/mol. The first-order chi connectivity index (χ1) is 9.51. The zero-order chi connectivity index (χ0) is 15.0. The molecule has 0 spiro atoms. The molecule has 1 atom stereocenters. The number of nitriles is 1. The summed E-state index contributed by atoms with van der Waals surface area (Å²) in [4.78, 5) is 4.96. The molecule has 1 heterocycles. The van der Waals surface area contributed by atoms with Gasteiger partial charge in [0.25, 0.3) is 0 Å². The fraction of sp³-hybridized carbons (Fsp3) is 0.938. The molecule has 1 rings (SSSR count). The Morgan fingerprint density at radius 2 is 2.00 bits per heavy atom. The molecule has 1 unspecified atom stereocenters. The highest BCUT2D eigenvalue weighted by Gasteiger charge is 2.28. The van der Waals surface area contributed by atoms with Crippen LogP contribution in [0.3, 0.4) is 0 Å².